The predicted octanol–water partition coefficient (Wildman–Crippen LogP) is 1.84. The molecule has 2 rings (SSSR count). The molecule has 1 aromatic rings. The quantitative estimate of drug-likeness (QED) is 0.901. The Balaban J connectivity index is 1.76. The van der Waals surface area contributed by atoms with E-state index in [0.29, 0.717) is 23.9 Å². The van der Waals surface area contributed by atoms with Crippen molar-refractivity contribution in [2.75, 3.05) is 31.8 Å². The van der Waals surface area contributed by atoms with Crippen molar-refractivity contribution in [3.05, 3.63) is 29.3 Å². The Hall–Kier alpha value is -0.910. The molecule has 1 fully saturated rings. The first kappa shape index (κ1) is 14.5. The van der Waals surface area contributed by atoms with Gasteiger partial charge in [-0.2, -0.15) is 0 Å². The van der Waals surface area contributed by atoms with Gasteiger partial charge in [0.2, 0.25) is 5.91 Å². The lowest BCUT2D eigenvalue weighted by atomic mass is 10.3. The summed E-state index contributed by atoms with van der Waals surface area (Å²) in [5.74, 6) is 2.46. The second-order valence-electron chi connectivity index (χ2n) is 4.31. The first-order chi connectivity index (χ1) is 9.18. The highest BCUT2D eigenvalue weighted by Crippen LogP contribution is 2.22. The summed E-state index contributed by atoms with van der Waals surface area (Å²) < 4.78 is 5.57. The summed E-state index contributed by atoms with van der Waals surface area (Å²) in [6.45, 7) is 0.985. The lowest BCUT2D eigenvalue weighted by Gasteiger charge is -2.21. The van der Waals surface area contributed by atoms with E-state index in [9.17, 15) is 4.79 Å². The molecule has 1 aliphatic rings. The Labute approximate surface area is 122 Å². The average molecular weight is 301 g/mol. The second-order valence-corrected chi connectivity index (χ2v) is 5.75. The molecule has 0 spiro atoms. The number of amides is 1. The molecule has 1 amide bonds. The molecule has 4 nitrogen and oxygen atoms in total. The summed E-state index contributed by atoms with van der Waals surface area (Å²) >= 11 is 7.73. The Morgan fingerprint density at radius 1 is 1.58 bits per heavy atom. The molecular formula is C13H17ClN2O2S. The third-order valence-electron chi connectivity index (χ3n) is 2.91. The summed E-state index contributed by atoms with van der Waals surface area (Å²) in [6.07, 6.45) is 0. The van der Waals surface area contributed by atoms with Gasteiger partial charge in [0.05, 0.1) is 17.6 Å². The van der Waals surface area contributed by atoms with Gasteiger partial charge in [-0.3, -0.25) is 10.1 Å². The summed E-state index contributed by atoms with van der Waals surface area (Å²) in [6, 6.07) is 7.27. The molecule has 19 heavy (non-hydrogen) atoms. The van der Waals surface area contributed by atoms with Gasteiger partial charge in [-0.05, 0) is 12.1 Å². The monoisotopic (exact) mass is 300 g/mol. The molecule has 0 bridgehead atoms. The SMILES string of the molecule is CN(CCOc1ccccc1Cl)C(=O)C1CSCN1. The summed E-state index contributed by atoms with van der Waals surface area (Å²) in [5, 5.41) is 3.75. The molecule has 0 aliphatic carbocycles. The number of benzene rings is 1. The zero-order valence-corrected chi connectivity index (χ0v) is 12.3. The van der Waals surface area contributed by atoms with Gasteiger partial charge < -0.3 is 9.64 Å². The minimum Gasteiger partial charge on any atom is -0.490 e. The Bertz CT molecular complexity index is 438. The van der Waals surface area contributed by atoms with Crippen LogP contribution in [0.15, 0.2) is 24.3 Å². The number of nitrogens with zero attached hydrogens (tertiary/aromatic N) is 1. The number of thioether (sulfide) groups is 1. The molecule has 104 valence electrons. The molecule has 1 atom stereocenters. The lowest BCUT2D eigenvalue weighted by molar-refractivity contribution is -0.131. The lowest BCUT2D eigenvalue weighted by Crippen LogP contribution is -2.44. The van der Waals surface area contributed by atoms with Gasteiger partial charge in [0.1, 0.15) is 12.4 Å². The second kappa shape index (κ2) is 7.03. The molecule has 1 aliphatic heterocycles. The molecule has 1 N–H and O–H groups in total. The molecule has 0 saturated carbocycles. The van der Waals surface area contributed by atoms with Crippen LogP contribution in [0.2, 0.25) is 5.02 Å². The molecule has 1 unspecified atom stereocenters. The van der Waals surface area contributed by atoms with Crippen molar-refractivity contribution in [2.45, 2.75) is 6.04 Å². The first-order valence-electron chi connectivity index (χ1n) is 6.12. The highest BCUT2D eigenvalue weighted by molar-refractivity contribution is 7.99. The van der Waals surface area contributed by atoms with Crippen LogP contribution in [0.1, 0.15) is 0 Å². The van der Waals surface area contributed by atoms with Crippen molar-refractivity contribution < 1.29 is 9.53 Å². The van der Waals surface area contributed by atoms with E-state index in [4.69, 9.17) is 16.3 Å². The number of halogens is 1. The van der Waals surface area contributed by atoms with Crippen LogP contribution >= 0.6 is 23.4 Å². The fraction of sp³-hybridized carbons (Fsp3) is 0.462. The van der Waals surface area contributed by atoms with E-state index >= 15 is 0 Å². The van der Waals surface area contributed by atoms with Gasteiger partial charge in [-0.1, -0.05) is 23.7 Å². The summed E-state index contributed by atoms with van der Waals surface area (Å²) in [5.41, 5.74) is 0. The first-order valence-corrected chi connectivity index (χ1v) is 7.65. The number of carbonyl (C=O) groups is 1. The number of hydrogen-bond acceptors (Lipinski definition) is 4. The van der Waals surface area contributed by atoms with Gasteiger partial charge in [-0.15, -0.1) is 11.8 Å². The molecule has 6 heteroatoms. The van der Waals surface area contributed by atoms with Gasteiger partial charge in [0.15, 0.2) is 0 Å². The van der Waals surface area contributed by atoms with Gasteiger partial charge in [0, 0.05) is 18.7 Å². The predicted molar refractivity (Wildman–Crippen MR) is 78.8 cm³/mol. The van der Waals surface area contributed by atoms with Crippen LogP contribution in [0.5, 0.6) is 5.75 Å². The number of nitrogens with one attached hydrogen (secondary N) is 1. The third kappa shape index (κ3) is 4.03. The molecular weight excluding hydrogens is 284 g/mol. The number of carbonyl (C=O) groups excluding carboxylic acids is 1. The number of rotatable bonds is 5. The molecule has 1 heterocycles. The van der Waals surface area contributed by atoms with E-state index in [1.54, 1.807) is 29.8 Å². The zero-order valence-electron chi connectivity index (χ0n) is 10.8. The minimum absolute atomic E-state index is 0.0599. The van der Waals surface area contributed by atoms with E-state index in [2.05, 4.69) is 5.32 Å². The van der Waals surface area contributed by atoms with Gasteiger partial charge in [-0.25, -0.2) is 0 Å². The van der Waals surface area contributed by atoms with Crippen LogP contribution in [0.25, 0.3) is 0 Å². The third-order valence-corrected chi connectivity index (χ3v) is 4.16. The number of hydrogen-bond donors (Lipinski definition) is 1. The maximum atomic E-state index is 12.0. The molecule has 0 radical (unpaired) electrons. The van der Waals surface area contributed by atoms with Crippen molar-refractivity contribution in [1.29, 1.82) is 0 Å². The largest absolute Gasteiger partial charge is 0.490 e. The standard InChI is InChI=1S/C13H17ClN2O2S/c1-16(13(17)11-8-19-9-15-11)6-7-18-12-5-3-2-4-10(12)14/h2-5,11,15H,6-9H2,1H3. The van der Waals surface area contributed by atoms with Crippen LogP contribution in [0, 0.1) is 0 Å². The molecule has 0 aromatic heterocycles. The van der Waals surface area contributed by atoms with Crippen LogP contribution in [0.4, 0.5) is 0 Å². The van der Waals surface area contributed by atoms with E-state index in [1.165, 1.54) is 0 Å². The van der Waals surface area contributed by atoms with Crippen molar-refractivity contribution in [3.63, 3.8) is 0 Å². The van der Waals surface area contributed by atoms with E-state index in [-0.39, 0.29) is 11.9 Å². The summed E-state index contributed by atoms with van der Waals surface area (Å²) in [4.78, 5) is 13.7. The fourth-order valence-corrected chi connectivity index (χ4v) is 2.91. The van der Waals surface area contributed by atoms with Crippen molar-refractivity contribution in [3.8, 4) is 5.75 Å². The molecule has 1 aromatic carbocycles. The van der Waals surface area contributed by atoms with Crippen LogP contribution < -0.4 is 10.1 Å². The topological polar surface area (TPSA) is 41.6 Å². The molecule has 1 saturated heterocycles. The van der Waals surface area contributed by atoms with E-state index in [1.807, 2.05) is 18.2 Å². The van der Waals surface area contributed by atoms with Gasteiger partial charge in [0.25, 0.3) is 0 Å². The fourth-order valence-electron chi connectivity index (χ4n) is 1.78. The van der Waals surface area contributed by atoms with Crippen molar-refractivity contribution in [1.82, 2.24) is 10.2 Å². The van der Waals surface area contributed by atoms with E-state index in [0.717, 1.165) is 11.6 Å². The highest BCUT2D eigenvalue weighted by atomic mass is 35.5. The smallest absolute Gasteiger partial charge is 0.240 e. The minimum atomic E-state index is -0.0599. The van der Waals surface area contributed by atoms with Gasteiger partial charge >= 0.3 is 0 Å². The summed E-state index contributed by atoms with van der Waals surface area (Å²) in [7, 11) is 1.79. The Kier molecular flexibility index (Phi) is 5.36. The normalized spacial score (nSPS) is 18.3. The maximum absolute atomic E-state index is 12.0. The van der Waals surface area contributed by atoms with Crippen LogP contribution in [0.3, 0.4) is 0 Å². The Morgan fingerprint density at radius 3 is 3.05 bits per heavy atom. The highest BCUT2D eigenvalue weighted by Gasteiger charge is 2.25. The Morgan fingerprint density at radius 2 is 2.37 bits per heavy atom. The van der Waals surface area contributed by atoms with E-state index < -0.39 is 0 Å². The zero-order chi connectivity index (χ0) is 13.7. The van der Waals surface area contributed by atoms with Crippen LogP contribution in [-0.4, -0.2) is 48.7 Å². The maximum Gasteiger partial charge on any atom is 0.240 e. The number of likely N-dealkylation sites (N-methyl/N-ethyl adjacent to an activating group) is 1. The number of para-hydroxylation sites is 1. The number of ether oxygens (including phenoxy) is 1. The van der Waals surface area contributed by atoms with Crippen molar-refractivity contribution >= 4 is 29.3 Å². The average Bonchev–Trinajstić information content (AvgIpc) is 2.94. The van der Waals surface area contributed by atoms with Crippen molar-refractivity contribution in [2.24, 2.45) is 0 Å². The van der Waals surface area contributed by atoms with Crippen LogP contribution in [-0.2, 0) is 4.79 Å².